The van der Waals surface area contributed by atoms with Crippen LogP contribution >= 0.6 is 0 Å². The van der Waals surface area contributed by atoms with Crippen LogP contribution in [0.5, 0.6) is 11.5 Å². The lowest BCUT2D eigenvalue weighted by atomic mass is 9.50. The second kappa shape index (κ2) is 8.98. The fourth-order valence-corrected chi connectivity index (χ4v) is 6.44. The number of likely N-dealkylation sites (tertiary alicyclic amines) is 1. The molecule has 5 rings (SSSR count). The molecule has 2 aliphatic heterocycles. The summed E-state index contributed by atoms with van der Waals surface area (Å²) in [6.07, 6.45) is -2.12. The fourth-order valence-electron chi connectivity index (χ4n) is 6.44. The standard InChI is InChI=1S/C26H29NO11/c1-12(23(31)32)35-24(33)17(36-13(2)28)11-19(30)37-16-6-7-26(34)18-10-14-4-5-15(29)21-20(14)25(26,22(16)38-21)8-9-27(18)3/h4-6,12,17-18,22,29,34H,7-11H2,1-3H3,(H,31,32)/t12-,17-,18+,22-,25-,26+/m0/s1. The van der Waals surface area contributed by atoms with Crippen LogP contribution in [0, 0.1) is 0 Å². The Hall–Kier alpha value is -3.64. The van der Waals surface area contributed by atoms with E-state index in [2.05, 4.69) is 4.90 Å². The molecule has 3 N–H and O–H groups in total. The Kier molecular flexibility index (Phi) is 6.14. The summed E-state index contributed by atoms with van der Waals surface area (Å²) in [5, 5.41) is 31.7. The van der Waals surface area contributed by atoms with E-state index in [0.29, 0.717) is 19.4 Å². The topological polar surface area (TPSA) is 169 Å². The summed E-state index contributed by atoms with van der Waals surface area (Å²) in [6, 6.07) is 3.15. The van der Waals surface area contributed by atoms with E-state index >= 15 is 0 Å². The van der Waals surface area contributed by atoms with Crippen LogP contribution in [0.25, 0.3) is 0 Å². The maximum atomic E-state index is 13.0. The maximum absolute atomic E-state index is 13.0. The van der Waals surface area contributed by atoms with Gasteiger partial charge in [-0.05, 0) is 51.1 Å². The van der Waals surface area contributed by atoms with Crippen LogP contribution in [0.15, 0.2) is 24.0 Å². The van der Waals surface area contributed by atoms with E-state index in [-0.39, 0.29) is 29.7 Å². The summed E-state index contributed by atoms with van der Waals surface area (Å²) in [7, 11) is 1.95. The molecule has 4 aliphatic rings. The summed E-state index contributed by atoms with van der Waals surface area (Å²) in [5.74, 6) is -4.16. The molecule has 38 heavy (non-hydrogen) atoms. The zero-order valence-electron chi connectivity index (χ0n) is 21.1. The first-order chi connectivity index (χ1) is 17.9. The van der Waals surface area contributed by atoms with E-state index in [0.717, 1.165) is 25.0 Å². The normalized spacial score (nSPS) is 30.2. The van der Waals surface area contributed by atoms with Crippen LogP contribution in [-0.2, 0) is 45.2 Å². The second-order valence-corrected chi connectivity index (χ2v) is 10.3. The van der Waals surface area contributed by atoms with Crippen LogP contribution in [0.1, 0.15) is 44.2 Å². The third-order valence-electron chi connectivity index (χ3n) is 8.15. The number of hydrogen-bond donors (Lipinski definition) is 3. The minimum Gasteiger partial charge on any atom is -0.504 e. The van der Waals surface area contributed by atoms with Crippen molar-refractivity contribution in [2.45, 2.75) is 74.9 Å². The zero-order chi connectivity index (χ0) is 27.6. The molecule has 0 aromatic heterocycles. The number of esters is 3. The Morgan fingerprint density at radius 3 is 2.66 bits per heavy atom. The minimum absolute atomic E-state index is 0.0804. The Morgan fingerprint density at radius 2 is 1.97 bits per heavy atom. The highest BCUT2D eigenvalue weighted by Gasteiger charge is 2.72. The first-order valence-electron chi connectivity index (χ1n) is 12.3. The van der Waals surface area contributed by atoms with Gasteiger partial charge in [0.05, 0.1) is 17.4 Å². The van der Waals surface area contributed by atoms with Crippen molar-refractivity contribution in [3.63, 3.8) is 0 Å². The van der Waals surface area contributed by atoms with Crippen molar-refractivity contribution in [3.8, 4) is 11.5 Å². The van der Waals surface area contributed by atoms with Crippen LogP contribution in [-0.4, -0.2) is 87.6 Å². The molecule has 1 saturated heterocycles. The first kappa shape index (κ1) is 26.0. The average molecular weight is 532 g/mol. The van der Waals surface area contributed by atoms with E-state index in [1.54, 1.807) is 12.1 Å². The molecule has 6 atom stereocenters. The highest BCUT2D eigenvalue weighted by Crippen LogP contribution is 2.65. The molecule has 2 heterocycles. The zero-order valence-corrected chi connectivity index (χ0v) is 21.1. The van der Waals surface area contributed by atoms with E-state index in [4.69, 9.17) is 24.1 Å². The van der Waals surface area contributed by atoms with Gasteiger partial charge in [0.2, 0.25) is 6.10 Å². The number of piperidine rings is 1. The number of carboxylic acid groups (broad SMARTS) is 1. The molecule has 1 aromatic rings. The third kappa shape index (κ3) is 3.73. The van der Waals surface area contributed by atoms with Gasteiger partial charge in [0, 0.05) is 24.9 Å². The number of hydrogen-bond acceptors (Lipinski definition) is 11. The number of nitrogens with zero attached hydrogens (tertiary/aromatic N) is 1. The number of rotatable bonds is 7. The first-order valence-corrected chi connectivity index (χ1v) is 12.3. The SMILES string of the molecule is CC(=O)O[C@@H](CC(=O)OC1=CC[C@@]2(O)[C@H]3Cc4ccc(O)c5c4[C@@]2(CCN3C)[C@H]1O5)C(=O)O[C@@H](C)C(=O)O. The number of carbonyl (C=O) groups is 4. The maximum Gasteiger partial charge on any atom is 0.348 e. The largest absolute Gasteiger partial charge is 0.504 e. The van der Waals surface area contributed by atoms with Crippen molar-refractivity contribution in [1.82, 2.24) is 4.90 Å². The summed E-state index contributed by atoms with van der Waals surface area (Å²) in [4.78, 5) is 50.1. The number of likely N-dealkylation sites (N-methyl/N-ethyl adjacent to an activating group) is 1. The molecule has 12 nitrogen and oxygen atoms in total. The van der Waals surface area contributed by atoms with Gasteiger partial charge in [-0.25, -0.2) is 9.59 Å². The number of ether oxygens (including phenoxy) is 4. The molecule has 0 saturated carbocycles. The smallest absolute Gasteiger partial charge is 0.348 e. The number of aliphatic hydroxyl groups is 1. The number of phenolic OH excluding ortho intramolecular Hbond substituents is 1. The monoisotopic (exact) mass is 531 g/mol. The number of aromatic hydroxyl groups is 1. The van der Waals surface area contributed by atoms with Gasteiger partial charge in [-0.2, -0.15) is 0 Å². The third-order valence-corrected chi connectivity index (χ3v) is 8.15. The van der Waals surface area contributed by atoms with Crippen LogP contribution in [0.4, 0.5) is 0 Å². The molecule has 0 unspecified atom stereocenters. The quantitative estimate of drug-likeness (QED) is 0.330. The van der Waals surface area contributed by atoms with Crippen LogP contribution in [0.2, 0.25) is 0 Å². The number of phenols is 1. The second-order valence-electron chi connectivity index (χ2n) is 10.3. The van der Waals surface area contributed by atoms with Gasteiger partial charge < -0.3 is 39.2 Å². The lowest BCUT2D eigenvalue weighted by molar-refractivity contribution is -0.179. The van der Waals surface area contributed by atoms with Gasteiger partial charge in [-0.3, -0.25) is 9.59 Å². The van der Waals surface area contributed by atoms with E-state index < -0.39 is 59.6 Å². The highest BCUT2D eigenvalue weighted by molar-refractivity contribution is 5.86. The van der Waals surface area contributed by atoms with Gasteiger partial charge in [-0.15, -0.1) is 0 Å². The van der Waals surface area contributed by atoms with Gasteiger partial charge in [0.1, 0.15) is 5.76 Å². The molecule has 1 spiro atoms. The minimum atomic E-state index is -1.72. The van der Waals surface area contributed by atoms with Gasteiger partial charge >= 0.3 is 23.9 Å². The Bertz CT molecular complexity index is 1260. The Labute approximate surface area is 217 Å². The Morgan fingerprint density at radius 1 is 1.24 bits per heavy atom. The summed E-state index contributed by atoms with van der Waals surface area (Å²) in [5.41, 5.74) is -0.551. The number of carbonyl (C=O) groups excluding carboxylic acids is 3. The molecule has 1 fully saturated rings. The van der Waals surface area contributed by atoms with Crippen molar-refractivity contribution in [2.75, 3.05) is 13.6 Å². The molecule has 204 valence electrons. The predicted octanol–water partition coefficient (Wildman–Crippen LogP) is 0.551. The number of carboxylic acids is 1. The molecule has 1 aromatic carbocycles. The molecule has 2 bridgehead atoms. The summed E-state index contributed by atoms with van der Waals surface area (Å²) < 4.78 is 21.5. The number of benzene rings is 1. The fraction of sp³-hybridized carbons (Fsp3) is 0.538. The molecule has 0 amide bonds. The lowest BCUT2D eigenvalue weighted by Gasteiger charge is -2.61. The van der Waals surface area contributed by atoms with Crippen molar-refractivity contribution >= 4 is 23.9 Å². The average Bonchev–Trinajstić information content (AvgIpc) is 3.20. The van der Waals surface area contributed by atoms with Crippen molar-refractivity contribution in [1.29, 1.82) is 0 Å². The molecular formula is C26H29NO11. The van der Waals surface area contributed by atoms with Gasteiger partial charge in [0.25, 0.3) is 0 Å². The van der Waals surface area contributed by atoms with Gasteiger partial charge in [0.15, 0.2) is 23.7 Å². The lowest BCUT2D eigenvalue weighted by Crippen LogP contribution is -2.74. The number of aliphatic carboxylic acids is 1. The molecular weight excluding hydrogens is 502 g/mol. The van der Waals surface area contributed by atoms with Crippen LogP contribution < -0.4 is 4.74 Å². The van der Waals surface area contributed by atoms with E-state index in [9.17, 15) is 29.4 Å². The van der Waals surface area contributed by atoms with Crippen molar-refractivity contribution in [2.24, 2.45) is 0 Å². The molecule has 2 aliphatic carbocycles. The van der Waals surface area contributed by atoms with E-state index in [1.165, 1.54) is 0 Å². The Balaban J connectivity index is 1.43. The van der Waals surface area contributed by atoms with Crippen LogP contribution in [0.3, 0.4) is 0 Å². The summed E-state index contributed by atoms with van der Waals surface area (Å²) in [6.45, 7) is 2.79. The predicted molar refractivity (Wildman–Crippen MR) is 126 cm³/mol. The summed E-state index contributed by atoms with van der Waals surface area (Å²) >= 11 is 0. The van der Waals surface area contributed by atoms with Crippen molar-refractivity contribution < 1.29 is 53.4 Å². The van der Waals surface area contributed by atoms with Gasteiger partial charge in [-0.1, -0.05) is 6.07 Å². The van der Waals surface area contributed by atoms with E-state index in [1.807, 2.05) is 13.1 Å². The highest BCUT2D eigenvalue weighted by atomic mass is 16.6. The molecule has 0 radical (unpaired) electrons. The molecule has 12 heteroatoms. The van der Waals surface area contributed by atoms with Crippen molar-refractivity contribution in [3.05, 3.63) is 35.1 Å².